The monoisotopic (exact) mass is 347 g/mol. The SMILES string of the molecule is COc1ccc(-c2c(C)c3cnn(-c4ccccn4)c(=O)n3c2C)cn1. The summed E-state index contributed by atoms with van der Waals surface area (Å²) in [5, 5.41) is 4.30. The minimum Gasteiger partial charge on any atom is -0.481 e. The van der Waals surface area contributed by atoms with E-state index < -0.39 is 0 Å². The number of hydrogen-bond acceptors (Lipinski definition) is 5. The van der Waals surface area contributed by atoms with Gasteiger partial charge in [0, 0.05) is 35.3 Å². The standard InChI is InChI=1S/C19H17N5O2/c1-12-15-11-22-24(16-6-4-5-9-20-16)19(25)23(15)13(2)18(12)14-7-8-17(26-3)21-10-14/h4-11H,1-3H3. The molecule has 4 aromatic rings. The summed E-state index contributed by atoms with van der Waals surface area (Å²) < 4.78 is 8.09. The van der Waals surface area contributed by atoms with Gasteiger partial charge in [-0.15, -0.1) is 0 Å². The fraction of sp³-hybridized carbons (Fsp3) is 0.158. The average Bonchev–Trinajstić information content (AvgIpc) is 2.94. The molecule has 0 aromatic carbocycles. The number of fused-ring (bicyclic) bond motifs is 1. The van der Waals surface area contributed by atoms with E-state index in [0.29, 0.717) is 11.7 Å². The van der Waals surface area contributed by atoms with Crippen LogP contribution in [0.3, 0.4) is 0 Å². The zero-order valence-electron chi connectivity index (χ0n) is 14.7. The van der Waals surface area contributed by atoms with Crippen molar-refractivity contribution in [1.82, 2.24) is 24.1 Å². The van der Waals surface area contributed by atoms with E-state index in [9.17, 15) is 4.79 Å². The third kappa shape index (κ3) is 2.36. The van der Waals surface area contributed by atoms with Gasteiger partial charge in [0.25, 0.3) is 0 Å². The Labute approximate surface area is 149 Å². The number of nitrogens with zero attached hydrogens (tertiary/aromatic N) is 5. The molecular weight excluding hydrogens is 330 g/mol. The summed E-state index contributed by atoms with van der Waals surface area (Å²) in [5.74, 6) is 1.03. The van der Waals surface area contributed by atoms with Crippen molar-refractivity contribution >= 4 is 5.52 Å². The molecule has 0 aliphatic heterocycles. The van der Waals surface area contributed by atoms with E-state index >= 15 is 0 Å². The molecule has 0 spiro atoms. The van der Waals surface area contributed by atoms with E-state index in [4.69, 9.17) is 4.74 Å². The highest BCUT2D eigenvalue weighted by Crippen LogP contribution is 2.31. The zero-order chi connectivity index (χ0) is 18.3. The molecule has 0 amide bonds. The fourth-order valence-corrected chi connectivity index (χ4v) is 3.23. The van der Waals surface area contributed by atoms with Gasteiger partial charge in [-0.3, -0.25) is 4.40 Å². The molecule has 0 fully saturated rings. The Kier molecular flexibility index (Phi) is 3.76. The Bertz CT molecular complexity index is 1140. The molecule has 0 saturated carbocycles. The number of aromatic nitrogens is 5. The predicted octanol–water partition coefficient (Wildman–Crippen LogP) is 2.57. The van der Waals surface area contributed by atoms with Crippen LogP contribution in [0.4, 0.5) is 0 Å². The average molecular weight is 347 g/mol. The van der Waals surface area contributed by atoms with Crippen LogP contribution in [0.15, 0.2) is 53.7 Å². The second-order valence-electron chi connectivity index (χ2n) is 5.92. The van der Waals surface area contributed by atoms with Crippen molar-refractivity contribution in [2.45, 2.75) is 13.8 Å². The predicted molar refractivity (Wildman–Crippen MR) is 97.8 cm³/mol. The fourth-order valence-electron chi connectivity index (χ4n) is 3.23. The Morgan fingerprint density at radius 2 is 1.88 bits per heavy atom. The molecule has 0 bridgehead atoms. The summed E-state index contributed by atoms with van der Waals surface area (Å²) in [6.45, 7) is 3.90. The number of rotatable bonds is 3. The van der Waals surface area contributed by atoms with Gasteiger partial charge >= 0.3 is 5.69 Å². The molecule has 7 nitrogen and oxygen atoms in total. The first-order valence-corrected chi connectivity index (χ1v) is 8.13. The maximum atomic E-state index is 13.0. The van der Waals surface area contributed by atoms with Crippen molar-refractivity contribution in [3.63, 3.8) is 0 Å². The van der Waals surface area contributed by atoms with Gasteiger partial charge in [0.15, 0.2) is 5.82 Å². The minimum atomic E-state index is -0.255. The van der Waals surface area contributed by atoms with Crippen LogP contribution in [0.2, 0.25) is 0 Å². The number of ether oxygens (including phenoxy) is 1. The lowest BCUT2D eigenvalue weighted by molar-refractivity contribution is 0.398. The quantitative estimate of drug-likeness (QED) is 0.569. The molecule has 4 heterocycles. The van der Waals surface area contributed by atoms with E-state index in [1.54, 1.807) is 48.3 Å². The highest BCUT2D eigenvalue weighted by molar-refractivity contribution is 5.78. The number of methoxy groups -OCH3 is 1. The first kappa shape index (κ1) is 16.0. The maximum Gasteiger partial charge on any atom is 0.355 e. The molecule has 26 heavy (non-hydrogen) atoms. The van der Waals surface area contributed by atoms with Gasteiger partial charge in [0.1, 0.15) is 0 Å². The van der Waals surface area contributed by atoms with Gasteiger partial charge in [-0.05, 0) is 37.6 Å². The van der Waals surface area contributed by atoms with Gasteiger partial charge in [0.05, 0.1) is 18.8 Å². The van der Waals surface area contributed by atoms with Gasteiger partial charge in [-0.2, -0.15) is 9.78 Å². The smallest absolute Gasteiger partial charge is 0.355 e. The highest BCUT2D eigenvalue weighted by atomic mass is 16.5. The van der Waals surface area contributed by atoms with Crippen molar-refractivity contribution in [3.8, 4) is 22.8 Å². The molecule has 0 aliphatic carbocycles. The Morgan fingerprint density at radius 1 is 1.04 bits per heavy atom. The number of aryl methyl sites for hydroxylation is 2. The third-order valence-electron chi connectivity index (χ3n) is 4.47. The van der Waals surface area contributed by atoms with Crippen molar-refractivity contribution in [2.24, 2.45) is 0 Å². The summed E-state index contributed by atoms with van der Waals surface area (Å²) in [6, 6.07) is 9.11. The van der Waals surface area contributed by atoms with Crippen molar-refractivity contribution in [2.75, 3.05) is 7.11 Å². The highest BCUT2D eigenvalue weighted by Gasteiger charge is 2.18. The summed E-state index contributed by atoms with van der Waals surface area (Å²) in [5.41, 5.74) is 4.22. The molecule has 0 radical (unpaired) electrons. The van der Waals surface area contributed by atoms with Gasteiger partial charge < -0.3 is 4.74 Å². The van der Waals surface area contributed by atoms with Crippen LogP contribution in [0.1, 0.15) is 11.3 Å². The lowest BCUT2D eigenvalue weighted by Gasteiger charge is -2.05. The summed E-state index contributed by atoms with van der Waals surface area (Å²) in [7, 11) is 1.58. The lowest BCUT2D eigenvalue weighted by atomic mass is 10.0. The number of hydrogen-bond donors (Lipinski definition) is 0. The van der Waals surface area contributed by atoms with Crippen molar-refractivity contribution < 1.29 is 4.74 Å². The molecule has 0 aliphatic rings. The van der Waals surface area contributed by atoms with Gasteiger partial charge in [0.2, 0.25) is 5.88 Å². The van der Waals surface area contributed by atoms with Crippen LogP contribution < -0.4 is 10.4 Å². The topological polar surface area (TPSA) is 74.3 Å². The molecular formula is C19H17N5O2. The van der Waals surface area contributed by atoms with Crippen molar-refractivity contribution in [1.29, 1.82) is 0 Å². The minimum absolute atomic E-state index is 0.255. The largest absolute Gasteiger partial charge is 0.481 e. The van der Waals surface area contributed by atoms with E-state index in [-0.39, 0.29) is 5.69 Å². The Hall–Kier alpha value is -3.48. The van der Waals surface area contributed by atoms with E-state index in [1.165, 1.54) is 4.68 Å². The molecule has 0 unspecified atom stereocenters. The third-order valence-corrected chi connectivity index (χ3v) is 4.47. The number of pyridine rings is 2. The van der Waals surface area contributed by atoms with Crippen LogP contribution in [-0.2, 0) is 0 Å². The molecule has 0 saturated heterocycles. The van der Waals surface area contributed by atoms with Crippen LogP contribution in [0, 0.1) is 13.8 Å². The molecule has 0 atom stereocenters. The first-order chi connectivity index (χ1) is 12.6. The maximum absolute atomic E-state index is 13.0. The Balaban J connectivity index is 1.97. The van der Waals surface area contributed by atoms with Crippen molar-refractivity contribution in [3.05, 3.63) is 70.7 Å². The summed E-state index contributed by atoms with van der Waals surface area (Å²) in [4.78, 5) is 21.5. The first-order valence-electron chi connectivity index (χ1n) is 8.13. The van der Waals surface area contributed by atoms with E-state index in [1.807, 2.05) is 26.0 Å². The second kappa shape index (κ2) is 6.11. The van der Waals surface area contributed by atoms with Crippen LogP contribution >= 0.6 is 0 Å². The van der Waals surface area contributed by atoms with E-state index in [2.05, 4.69) is 15.1 Å². The molecule has 7 heteroatoms. The van der Waals surface area contributed by atoms with Crippen LogP contribution in [0.5, 0.6) is 5.88 Å². The molecule has 130 valence electrons. The van der Waals surface area contributed by atoms with Crippen LogP contribution in [-0.4, -0.2) is 31.3 Å². The van der Waals surface area contributed by atoms with Crippen LogP contribution in [0.25, 0.3) is 22.5 Å². The normalized spacial score (nSPS) is 11.0. The molecule has 4 rings (SSSR count). The molecule has 0 N–H and O–H groups in total. The van der Waals surface area contributed by atoms with E-state index in [0.717, 1.165) is 27.9 Å². The second-order valence-corrected chi connectivity index (χ2v) is 5.92. The lowest BCUT2D eigenvalue weighted by Crippen LogP contribution is -2.28. The van der Waals surface area contributed by atoms with Gasteiger partial charge in [-0.1, -0.05) is 6.07 Å². The summed E-state index contributed by atoms with van der Waals surface area (Å²) in [6.07, 6.45) is 5.08. The Morgan fingerprint density at radius 3 is 2.54 bits per heavy atom. The molecule has 4 aromatic heterocycles. The van der Waals surface area contributed by atoms with Gasteiger partial charge in [-0.25, -0.2) is 14.8 Å². The summed E-state index contributed by atoms with van der Waals surface area (Å²) >= 11 is 0. The zero-order valence-corrected chi connectivity index (χ0v) is 14.7.